The molecule has 1 aromatic rings. The van der Waals surface area contributed by atoms with Gasteiger partial charge in [-0.05, 0) is 24.0 Å². The van der Waals surface area contributed by atoms with Gasteiger partial charge < -0.3 is 15.3 Å². The monoisotopic (exact) mass is 274 g/mol. The Morgan fingerprint density at radius 2 is 1.95 bits per heavy atom. The summed E-state index contributed by atoms with van der Waals surface area (Å²) in [5, 5.41) is 12.5. The molecule has 1 aliphatic heterocycles. The van der Waals surface area contributed by atoms with Crippen LogP contribution >= 0.6 is 0 Å². The summed E-state index contributed by atoms with van der Waals surface area (Å²) in [6.45, 7) is 0.620. The summed E-state index contributed by atoms with van der Waals surface area (Å²) in [7, 11) is 0. The number of hydrogen-bond donors (Lipinski definition) is 2. The van der Waals surface area contributed by atoms with Crippen molar-refractivity contribution in [1.29, 1.82) is 0 Å². The minimum absolute atomic E-state index is 0.126. The minimum atomic E-state index is -0.931. The van der Waals surface area contributed by atoms with Crippen molar-refractivity contribution in [3.05, 3.63) is 35.4 Å². The average Bonchev–Trinajstić information content (AvgIpc) is 3.27. The van der Waals surface area contributed by atoms with E-state index in [4.69, 9.17) is 0 Å². The molecule has 20 heavy (non-hydrogen) atoms. The van der Waals surface area contributed by atoms with E-state index < -0.39 is 12.0 Å². The van der Waals surface area contributed by atoms with Crippen LogP contribution in [0.4, 0.5) is 0 Å². The average molecular weight is 274 g/mol. The maximum Gasteiger partial charge on any atom is 0.326 e. The first-order valence-electron chi connectivity index (χ1n) is 6.97. The Bertz CT molecular complexity index is 540. The van der Waals surface area contributed by atoms with Crippen LogP contribution in [-0.4, -0.2) is 40.5 Å². The number of nitrogens with one attached hydrogen (secondary N) is 1. The third-order valence-electron chi connectivity index (χ3n) is 3.97. The fourth-order valence-corrected chi connectivity index (χ4v) is 2.63. The van der Waals surface area contributed by atoms with Gasteiger partial charge in [0.05, 0.1) is 6.54 Å². The van der Waals surface area contributed by atoms with Crippen molar-refractivity contribution in [1.82, 2.24) is 10.2 Å². The van der Waals surface area contributed by atoms with Crippen LogP contribution in [0.5, 0.6) is 0 Å². The van der Waals surface area contributed by atoms with Crippen molar-refractivity contribution in [2.45, 2.75) is 37.9 Å². The van der Waals surface area contributed by atoms with Gasteiger partial charge in [0.25, 0.3) is 0 Å². The lowest BCUT2D eigenvalue weighted by Crippen LogP contribution is -2.51. The van der Waals surface area contributed by atoms with Gasteiger partial charge in [0.2, 0.25) is 5.91 Å². The molecule has 1 heterocycles. The summed E-state index contributed by atoms with van der Waals surface area (Å²) < 4.78 is 0. The van der Waals surface area contributed by atoms with Crippen LogP contribution < -0.4 is 5.32 Å². The third kappa shape index (κ3) is 2.67. The Labute approximate surface area is 117 Å². The smallest absolute Gasteiger partial charge is 0.326 e. The number of aliphatic carboxylic acids is 1. The van der Waals surface area contributed by atoms with E-state index in [0.29, 0.717) is 19.0 Å². The fraction of sp³-hybridized carbons (Fsp3) is 0.467. The molecule has 0 spiro atoms. The highest BCUT2D eigenvalue weighted by molar-refractivity contribution is 5.85. The van der Waals surface area contributed by atoms with Crippen molar-refractivity contribution in [3.63, 3.8) is 0 Å². The summed E-state index contributed by atoms with van der Waals surface area (Å²) in [5.41, 5.74) is 2.07. The zero-order valence-corrected chi connectivity index (χ0v) is 11.2. The highest BCUT2D eigenvalue weighted by Crippen LogP contribution is 2.24. The first kappa shape index (κ1) is 13.1. The van der Waals surface area contributed by atoms with E-state index in [1.165, 1.54) is 4.90 Å². The molecule has 1 saturated carbocycles. The van der Waals surface area contributed by atoms with Gasteiger partial charge in [0.1, 0.15) is 6.04 Å². The number of amides is 1. The molecule has 1 amide bonds. The van der Waals surface area contributed by atoms with Crippen molar-refractivity contribution in [3.8, 4) is 0 Å². The van der Waals surface area contributed by atoms with E-state index >= 15 is 0 Å². The lowest BCUT2D eigenvalue weighted by Gasteiger charge is -2.34. The number of benzene rings is 1. The molecule has 1 aromatic carbocycles. The largest absolute Gasteiger partial charge is 0.480 e. The summed E-state index contributed by atoms with van der Waals surface area (Å²) >= 11 is 0. The molecule has 5 nitrogen and oxygen atoms in total. The summed E-state index contributed by atoms with van der Waals surface area (Å²) in [4.78, 5) is 25.2. The molecule has 0 aromatic heterocycles. The van der Waals surface area contributed by atoms with Gasteiger partial charge in [-0.25, -0.2) is 4.79 Å². The Morgan fingerprint density at radius 3 is 2.60 bits per heavy atom. The summed E-state index contributed by atoms with van der Waals surface area (Å²) in [5.74, 6) is -1.06. The molecule has 2 aliphatic rings. The number of rotatable bonds is 4. The molecule has 3 rings (SSSR count). The van der Waals surface area contributed by atoms with E-state index in [0.717, 1.165) is 24.0 Å². The molecule has 1 aliphatic carbocycles. The molecule has 0 radical (unpaired) electrons. The van der Waals surface area contributed by atoms with E-state index in [-0.39, 0.29) is 12.5 Å². The second-order valence-electron chi connectivity index (χ2n) is 5.50. The molecule has 2 N–H and O–H groups in total. The van der Waals surface area contributed by atoms with Crippen LogP contribution in [0.25, 0.3) is 0 Å². The Balaban J connectivity index is 1.76. The van der Waals surface area contributed by atoms with Gasteiger partial charge >= 0.3 is 5.97 Å². The Hall–Kier alpha value is -1.88. The normalized spacial score (nSPS) is 21.4. The van der Waals surface area contributed by atoms with Crippen LogP contribution in [0, 0.1) is 0 Å². The number of carboxylic acid groups (broad SMARTS) is 1. The van der Waals surface area contributed by atoms with Crippen LogP contribution in [0.1, 0.15) is 24.0 Å². The molecule has 106 valence electrons. The number of carbonyl (C=O) groups is 2. The van der Waals surface area contributed by atoms with Crippen LogP contribution in [0.3, 0.4) is 0 Å². The van der Waals surface area contributed by atoms with E-state index in [2.05, 4.69) is 5.32 Å². The van der Waals surface area contributed by atoms with Crippen molar-refractivity contribution in [2.24, 2.45) is 0 Å². The molecule has 1 atom stereocenters. The van der Waals surface area contributed by atoms with Crippen LogP contribution in [-0.2, 0) is 22.6 Å². The molecular weight excluding hydrogens is 256 g/mol. The topological polar surface area (TPSA) is 69.6 Å². The van der Waals surface area contributed by atoms with Gasteiger partial charge in [-0.1, -0.05) is 24.3 Å². The van der Waals surface area contributed by atoms with Gasteiger partial charge in [0, 0.05) is 19.0 Å². The zero-order valence-electron chi connectivity index (χ0n) is 11.2. The highest BCUT2D eigenvalue weighted by Gasteiger charge is 2.34. The second-order valence-corrected chi connectivity index (χ2v) is 5.50. The predicted molar refractivity (Wildman–Crippen MR) is 73.1 cm³/mol. The quantitative estimate of drug-likeness (QED) is 0.851. The zero-order chi connectivity index (χ0) is 14.1. The van der Waals surface area contributed by atoms with Gasteiger partial charge in [-0.3, -0.25) is 4.79 Å². The third-order valence-corrected chi connectivity index (χ3v) is 3.97. The maximum atomic E-state index is 12.3. The number of carbonyl (C=O) groups excluding carboxylic acids is 1. The molecule has 5 heteroatoms. The van der Waals surface area contributed by atoms with Gasteiger partial charge in [0.15, 0.2) is 0 Å². The van der Waals surface area contributed by atoms with Crippen molar-refractivity contribution in [2.75, 3.05) is 6.54 Å². The summed E-state index contributed by atoms with van der Waals surface area (Å²) in [6, 6.07) is 7.42. The fourth-order valence-electron chi connectivity index (χ4n) is 2.63. The first-order valence-corrected chi connectivity index (χ1v) is 6.97. The SMILES string of the molecule is O=C(O)[C@@H]1Cc2ccccc2CN1C(=O)CNC1CC1. The Morgan fingerprint density at radius 1 is 1.25 bits per heavy atom. The summed E-state index contributed by atoms with van der Waals surface area (Å²) in [6.07, 6.45) is 2.61. The highest BCUT2D eigenvalue weighted by atomic mass is 16.4. The molecule has 0 bridgehead atoms. The lowest BCUT2D eigenvalue weighted by atomic mass is 9.94. The van der Waals surface area contributed by atoms with E-state index in [1.807, 2.05) is 24.3 Å². The predicted octanol–water partition coefficient (Wildman–Crippen LogP) is 0.776. The van der Waals surface area contributed by atoms with Crippen LogP contribution in [0.15, 0.2) is 24.3 Å². The number of hydrogen-bond acceptors (Lipinski definition) is 3. The molecule has 0 unspecified atom stereocenters. The standard InChI is InChI=1S/C15H18N2O3/c18-14(8-16-12-5-6-12)17-9-11-4-2-1-3-10(11)7-13(17)15(19)20/h1-4,12-13,16H,5-9H2,(H,19,20)/t13-/m0/s1. The lowest BCUT2D eigenvalue weighted by molar-refractivity contribution is -0.151. The molecule has 0 saturated heterocycles. The number of carboxylic acids is 1. The van der Waals surface area contributed by atoms with Gasteiger partial charge in [-0.15, -0.1) is 0 Å². The van der Waals surface area contributed by atoms with E-state index in [1.54, 1.807) is 0 Å². The van der Waals surface area contributed by atoms with Crippen molar-refractivity contribution < 1.29 is 14.7 Å². The van der Waals surface area contributed by atoms with Crippen LogP contribution in [0.2, 0.25) is 0 Å². The van der Waals surface area contributed by atoms with Crippen molar-refractivity contribution >= 4 is 11.9 Å². The molecular formula is C15H18N2O3. The first-order chi connectivity index (χ1) is 9.65. The number of nitrogens with zero attached hydrogens (tertiary/aromatic N) is 1. The Kier molecular flexibility index (Phi) is 3.44. The van der Waals surface area contributed by atoms with E-state index in [9.17, 15) is 14.7 Å². The second kappa shape index (κ2) is 5.25. The molecule has 1 fully saturated rings. The number of fused-ring (bicyclic) bond motifs is 1. The van der Waals surface area contributed by atoms with Gasteiger partial charge in [-0.2, -0.15) is 0 Å². The maximum absolute atomic E-state index is 12.3. The minimum Gasteiger partial charge on any atom is -0.480 e.